The van der Waals surface area contributed by atoms with Crippen molar-refractivity contribution >= 4 is 17.6 Å². The molecule has 3 fully saturated rings. The van der Waals surface area contributed by atoms with E-state index in [2.05, 4.69) is 34.6 Å². The smallest absolute Gasteiger partial charge is 0.251 e. The summed E-state index contributed by atoms with van der Waals surface area (Å²) in [5.41, 5.74) is 1.28. The standard InChI is InChI=1S/C28H42N4O4/c1-6-13-31-14-11-19(12-15-31)18-7-9-20(10-8-18)26(34)30-25(28(2,3)4)27(35)32-16-21(29-5)24-23(32)22(33)17-36-24/h7-10,19,21,23-25,29H,6,11-17H2,1-5H3,(H,30,34)/t21-,23+,24+,25+/m0/s1. The molecule has 198 valence electrons. The fourth-order valence-electron chi connectivity index (χ4n) is 5.88. The number of piperidine rings is 1. The minimum Gasteiger partial charge on any atom is -0.366 e. The van der Waals surface area contributed by atoms with Gasteiger partial charge >= 0.3 is 0 Å². The van der Waals surface area contributed by atoms with E-state index in [0.717, 1.165) is 32.5 Å². The number of likely N-dealkylation sites (tertiary alicyclic amines) is 2. The quantitative estimate of drug-likeness (QED) is 0.599. The van der Waals surface area contributed by atoms with Crippen molar-refractivity contribution in [3.8, 4) is 0 Å². The molecular weight excluding hydrogens is 456 g/mol. The Morgan fingerprint density at radius 1 is 1.14 bits per heavy atom. The van der Waals surface area contributed by atoms with Gasteiger partial charge in [0.15, 0.2) is 5.78 Å². The van der Waals surface area contributed by atoms with E-state index < -0.39 is 17.5 Å². The Bertz CT molecular complexity index is 949. The van der Waals surface area contributed by atoms with Crippen LogP contribution in [0.1, 0.15) is 68.8 Å². The van der Waals surface area contributed by atoms with Crippen LogP contribution in [0.3, 0.4) is 0 Å². The third-order valence-corrected chi connectivity index (χ3v) is 8.00. The summed E-state index contributed by atoms with van der Waals surface area (Å²) in [6.45, 7) is 11.8. The molecule has 0 bridgehead atoms. The SMILES string of the molecule is CCCN1CCC(c2ccc(C(=O)N[C@H](C(=O)N3C[C@H](NC)[C@H]4OCC(=O)[C@H]43)C(C)(C)C)cc2)CC1. The molecule has 3 aliphatic heterocycles. The number of ketones is 1. The Kier molecular flexibility index (Phi) is 8.17. The number of fused-ring (bicyclic) bond motifs is 1. The van der Waals surface area contributed by atoms with Crippen LogP contribution in [0.15, 0.2) is 24.3 Å². The van der Waals surface area contributed by atoms with Crippen LogP contribution >= 0.6 is 0 Å². The molecule has 3 saturated heterocycles. The predicted molar refractivity (Wildman–Crippen MR) is 139 cm³/mol. The van der Waals surface area contributed by atoms with Gasteiger partial charge in [-0.2, -0.15) is 0 Å². The summed E-state index contributed by atoms with van der Waals surface area (Å²) < 4.78 is 5.67. The second-order valence-electron chi connectivity index (χ2n) is 11.6. The number of likely N-dealkylation sites (N-methyl/N-ethyl adjacent to an activating group) is 1. The Labute approximate surface area is 215 Å². The van der Waals surface area contributed by atoms with Gasteiger partial charge in [-0.05, 0) is 75.0 Å². The number of hydrogen-bond acceptors (Lipinski definition) is 6. The minimum absolute atomic E-state index is 0.0216. The van der Waals surface area contributed by atoms with Gasteiger partial charge in [-0.1, -0.05) is 39.8 Å². The average Bonchev–Trinajstić information content (AvgIpc) is 3.42. The fourth-order valence-corrected chi connectivity index (χ4v) is 5.88. The number of ether oxygens (including phenoxy) is 1. The molecule has 0 spiro atoms. The molecule has 2 N–H and O–H groups in total. The monoisotopic (exact) mass is 498 g/mol. The summed E-state index contributed by atoms with van der Waals surface area (Å²) in [6.07, 6.45) is 3.12. The molecule has 0 radical (unpaired) electrons. The van der Waals surface area contributed by atoms with Gasteiger partial charge < -0.3 is 25.2 Å². The van der Waals surface area contributed by atoms with E-state index in [4.69, 9.17) is 4.74 Å². The number of nitrogens with one attached hydrogen (secondary N) is 2. The zero-order valence-corrected chi connectivity index (χ0v) is 22.4. The van der Waals surface area contributed by atoms with Crippen molar-refractivity contribution in [1.29, 1.82) is 0 Å². The predicted octanol–water partition coefficient (Wildman–Crippen LogP) is 2.19. The van der Waals surface area contributed by atoms with Crippen LogP contribution in [0, 0.1) is 5.41 Å². The summed E-state index contributed by atoms with van der Waals surface area (Å²) in [5, 5.41) is 6.15. The van der Waals surface area contributed by atoms with Gasteiger partial charge in [0.25, 0.3) is 5.91 Å². The van der Waals surface area contributed by atoms with Crippen molar-refractivity contribution in [3.63, 3.8) is 0 Å². The first-order valence-corrected chi connectivity index (χ1v) is 13.4. The van der Waals surface area contributed by atoms with E-state index >= 15 is 0 Å². The molecule has 3 aliphatic rings. The third-order valence-electron chi connectivity index (χ3n) is 8.00. The number of Topliss-reactive ketones (excluding diaryl/α,β-unsaturated/α-hetero) is 1. The van der Waals surface area contributed by atoms with Crippen LogP contribution in [0.2, 0.25) is 0 Å². The second kappa shape index (κ2) is 11.0. The summed E-state index contributed by atoms with van der Waals surface area (Å²) >= 11 is 0. The van der Waals surface area contributed by atoms with E-state index in [-0.39, 0.29) is 36.4 Å². The first-order chi connectivity index (χ1) is 17.1. The Balaban J connectivity index is 1.44. The normalized spacial score (nSPS) is 26.2. The maximum atomic E-state index is 13.7. The zero-order valence-electron chi connectivity index (χ0n) is 22.4. The largest absolute Gasteiger partial charge is 0.366 e. The zero-order chi connectivity index (χ0) is 26.0. The van der Waals surface area contributed by atoms with E-state index in [0.29, 0.717) is 18.0 Å². The van der Waals surface area contributed by atoms with Gasteiger partial charge in [0.1, 0.15) is 24.8 Å². The van der Waals surface area contributed by atoms with Crippen LogP contribution in [-0.2, 0) is 14.3 Å². The lowest BCUT2D eigenvalue weighted by molar-refractivity contribution is -0.140. The molecular formula is C28H42N4O4. The van der Waals surface area contributed by atoms with Crippen LogP contribution in [0.4, 0.5) is 0 Å². The lowest BCUT2D eigenvalue weighted by Crippen LogP contribution is -2.57. The molecule has 0 unspecified atom stereocenters. The van der Waals surface area contributed by atoms with Crippen molar-refractivity contribution in [3.05, 3.63) is 35.4 Å². The number of rotatable bonds is 7. The number of hydrogen-bond donors (Lipinski definition) is 2. The van der Waals surface area contributed by atoms with E-state index in [1.165, 1.54) is 12.0 Å². The fraction of sp³-hybridized carbons (Fsp3) is 0.679. The number of benzene rings is 1. The maximum absolute atomic E-state index is 13.7. The summed E-state index contributed by atoms with van der Waals surface area (Å²) in [5.74, 6) is -0.0740. The highest BCUT2D eigenvalue weighted by Gasteiger charge is 2.53. The molecule has 1 aromatic rings. The maximum Gasteiger partial charge on any atom is 0.251 e. The van der Waals surface area contributed by atoms with Crippen molar-refractivity contribution in [1.82, 2.24) is 20.4 Å². The van der Waals surface area contributed by atoms with Crippen LogP contribution < -0.4 is 10.6 Å². The molecule has 2 amide bonds. The number of nitrogens with zero attached hydrogens (tertiary/aromatic N) is 2. The van der Waals surface area contributed by atoms with Gasteiger partial charge in [0.05, 0.1) is 6.04 Å². The first-order valence-electron chi connectivity index (χ1n) is 13.4. The lowest BCUT2D eigenvalue weighted by Gasteiger charge is -2.35. The Morgan fingerprint density at radius 3 is 2.39 bits per heavy atom. The van der Waals surface area contributed by atoms with E-state index in [9.17, 15) is 14.4 Å². The van der Waals surface area contributed by atoms with Gasteiger partial charge in [-0.25, -0.2) is 0 Å². The minimum atomic E-state index is -0.766. The molecule has 1 aromatic carbocycles. The molecule has 36 heavy (non-hydrogen) atoms. The molecule has 3 heterocycles. The Hall–Kier alpha value is -2.29. The van der Waals surface area contributed by atoms with Crippen molar-refractivity contribution in [2.45, 2.75) is 77.1 Å². The summed E-state index contributed by atoms with van der Waals surface area (Å²) in [7, 11) is 1.81. The lowest BCUT2D eigenvalue weighted by atomic mass is 9.85. The highest BCUT2D eigenvalue weighted by molar-refractivity contribution is 5.99. The van der Waals surface area contributed by atoms with Crippen LogP contribution in [0.5, 0.6) is 0 Å². The van der Waals surface area contributed by atoms with Crippen molar-refractivity contribution < 1.29 is 19.1 Å². The molecule has 0 aromatic heterocycles. The van der Waals surface area contributed by atoms with Crippen molar-refractivity contribution in [2.75, 3.05) is 39.8 Å². The average molecular weight is 499 g/mol. The number of amides is 2. The van der Waals surface area contributed by atoms with Crippen molar-refractivity contribution in [2.24, 2.45) is 5.41 Å². The molecule has 8 nitrogen and oxygen atoms in total. The third kappa shape index (κ3) is 5.50. The van der Waals surface area contributed by atoms with Gasteiger partial charge in [0.2, 0.25) is 5.91 Å². The van der Waals surface area contributed by atoms with E-state index in [1.54, 1.807) is 4.90 Å². The van der Waals surface area contributed by atoms with Gasteiger partial charge in [-0.3, -0.25) is 14.4 Å². The van der Waals surface area contributed by atoms with E-state index in [1.807, 2.05) is 40.0 Å². The topological polar surface area (TPSA) is 91.0 Å². The van der Waals surface area contributed by atoms with Crippen LogP contribution in [0.25, 0.3) is 0 Å². The molecule has 4 atom stereocenters. The number of carbonyl (C=O) groups is 3. The molecule has 4 rings (SSSR count). The summed E-state index contributed by atoms with van der Waals surface area (Å²) in [6, 6.07) is 6.37. The molecule has 0 aliphatic carbocycles. The van der Waals surface area contributed by atoms with Gasteiger partial charge in [-0.15, -0.1) is 0 Å². The molecule has 8 heteroatoms. The van der Waals surface area contributed by atoms with Crippen LogP contribution in [-0.4, -0.2) is 91.5 Å². The summed E-state index contributed by atoms with van der Waals surface area (Å²) in [4.78, 5) is 43.6. The highest BCUT2D eigenvalue weighted by Crippen LogP contribution is 2.31. The number of carbonyl (C=O) groups excluding carboxylic acids is 3. The molecule has 0 saturated carbocycles. The highest BCUT2D eigenvalue weighted by atomic mass is 16.5. The van der Waals surface area contributed by atoms with Gasteiger partial charge in [0, 0.05) is 12.1 Å². The second-order valence-corrected chi connectivity index (χ2v) is 11.6. The first kappa shape index (κ1) is 26.8. The Morgan fingerprint density at radius 2 is 1.81 bits per heavy atom.